The largest absolute Gasteiger partial charge is 0.352 e. The zero-order chi connectivity index (χ0) is 10.6. The molecule has 1 heterocycles. The van der Waals surface area contributed by atoms with Gasteiger partial charge in [-0.15, -0.1) is 0 Å². The van der Waals surface area contributed by atoms with Crippen LogP contribution in [0.25, 0.3) is 0 Å². The number of pyridine rings is 1. The molecule has 0 aliphatic carbocycles. The number of rotatable bonds is 3. The van der Waals surface area contributed by atoms with Crippen molar-refractivity contribution in [3.05, 3.63) is 29.6 Å². The Labute approximate surface area is 84.6 Å². The second-order valence-corrected chi connectivity index (χ2v) is 3.74. The average Bonchev–Trinajstić information content (AvgIpc) is 2.15. The quantitative estimate of drug-likeness (QED) is 0.793. The number of carbonyl (C=O) groups is 1. The van der Waals surface area contributed by atoms with E-state index in [4.69, 9.17) is 0 Å². The van der Waals surface area contributed by atoms with Crippen LogP contribution in [0.1, 0.15) is 29.9 Å². The van der Waals surface area contributed by atoms with Crippen LogP contribution >= 0.6 is 0 Å². The highest BCUT2D eigenvalue weighted by Crippen LogP contribution is 2.03. The van der Waals surface area contributed by atoms with Crippen LogP contribution in [0, 0.1) is 12.8 Å². The van der Waals surface area contributed by atoms with Crippen molar-refractivity contribution in [3.63, 3.8) is 0 Å². The highest BCUT2D eigenvalue weighted by atomic mass is 16.1. The molecule has 0 atom stereocenters. The summed E-state index contributed by atoms with van der Waals surface area (Å²) in [7, 11) is 0. The van der Waals surface area contributed by atoms with Gasteiger partial charge in [-0.05, 0) is 25.0 Å². The molecule has 0 aliphatic rings. The SMILES string of the molecule is Cc1ncccc1C(=O)NCC(C)C. The van der Waals surface area contributed by atoms with Gasteiger partial charge in [0.2, 0.25) is 0 Å². The van der Waals surface area contributed by atoms with Crippen LogP contribution in [-0.2, 0) is 0 Å². The minimum atomic E-state index is -0.0377. The van der Waals surface area contributed by atoms with E-state index in [0.717, 1.165) is 5.69 Å². The first-order valence-electron chi connectivity index (χ1n) is 4.81. The second-order valence-electron chi connectivity index (χ2n) is 3.74. The molecule has 1 N–H and O–H groups in total. The van der Waals surface area contributed by atoms with Crippen LogP contribution in [-0.4, -0.2) is 17.4 Å². The van der Waals surface area contributed by atoms with E-state index in [0.29, 0.717) is 18.0 Å². The molecule has 0 saturated carbocycles. The van der Waals surface area contributed by atoms with Crippen LogP contribution in [0.5, 0.6) is 0 Å². The summed E-state index contributed by atoms with van der Waals surface area (Å²) in [5, 5.41) is 2.86. The van der Waals surface area contributed by atoms with E-state index < -0.39 is 0 Å². The summed E-state index contributed by atoms with van der Waals surface area (Å²) < 4.78 is 0. The van der Waals surface area contributed by atoms with E-state index in [9.17, 15) is 4.79 Å². The summed E-state index contributed by atoms with van der Waals surface area (Å²) in [4.78, 5) is 15.7. The Kier molecular flexibility index (Phi) is 3.63. The van der Waals surface area contributed by atoms with Crippen molar-refractivity contribution in [1.82, 2.24) is 10.3 Å². The van der Waals surface area contributed by atoms with Crippen molar-refractivity contribution in [1.29, 1.82) is 0 Å². The number of hydrogen-bond donors (Lipinski definition) is 1. The predicted octanol–water partition coefficient (Wildman–Crippen LogP) is 1.78. The number of carbonyl (C=O) groups excluding carboxylic acids is 1. The lowest BCUT2D eigenvalue weighted by atomic mass is 10.1. The first-order chi connectivity index (χ1) is 6.61. The van der Waals surface area contributed by atoms with Crippen LogP contribution in [0.3, 0.4) is 0 Å². The molecule has 0 bridgehead atoms. The highest BCUT2D eigenvalue weighted by molar-refractivity contribution is 5.95. The van der Waals surface area contributed by atoms with Crippen LogP contribution < -0.4 is 5.32 Å². The second kappa shape index (κ2) is 4.74. The number of aromatic nitrogens is 1. The molecule has 0 saturated heterocycles. The molecule has 1 rings (SSSR count). The predicted molar refractivity (Wildman–Crippen MR) is 56.1 cm³/mol. The fraction of sp³-hybridized carbons (Fsp3) is 0.455. The molecular formula is C11H16N2O. The monoisotopic (exact) mass is 192 g/mol. The lowest BCUT2D eigenvalue weighted by molar-refractivity contribution is 0.0948. The number of aryl methyl sites for hydroxylation is 1. The Morgan fingerprint density at radius 3 is 2.86 bits per heavy atom. The molecule has 0 unspecified atom stereocenters. The minimum absolute atomic E-state index is 0.0377. The fourth-order valence-electron chi connectivity index (χ4n) is 1.12. The van der Waals surface area contributed by atoms with Gasteiger partial charge < -0.3 is 5.32 Å². The maximum absolute atomic E-state index is 11.6. The first-order valence-corrected chi connectivity index (χ1v) is 4.81. The van der Waals surface area contributed by atoms with Gasteiger partial charge in [0.05, 0.1) is 5.56 Å². The molecule has 0 aliphatic heterocycles. The Morgan fingerprint density at radius 2 is 2.29 bits per heavy atom. The third-order valence-electron chi connectivity index (χ3n) is 1.92. The molecule has 0 aromatic carbocycles. The van der Waals surface area contributed by atoms with Crippen LogP contribution in [0.15, 0.2) is 18.3 Å². The van der Waals surface area contributed by atoms with E-state index in [1.54, 1.807) is 18.3 Å². The van der Waals surface area contributed by atoms with E-state index >= 15 is 0 Å². The standard InChI is InChI=1S/C11H16N2O/c1-8(2)7-13-11(14)10-5-4-6-12-9(10)3/h4-6,8H,7H2,1-3H3,(H,13,14). The summed E-state index contributed by atoms with van der Waals surface area (Å²) in [5.41, 5.74) is 1.43. The smallest absolute Gasteiger partial charge is 0.253 e. The molecule has 0 fully saturated rings. The van der Waals surface area contributed by atoms with E-state index in [1.165, 1.54) is 0 Å². The Balaban J connectivity index is 2.65. The number of nitrogens with one attached hydrogen (secondary N) is 1. The van der Waals surface area contributed by atoms with Crippen molar-refractivity contribution in [3.8, 4) is 0 Å². The van der Waals surface area contributed by atoms with Crippen molar-refractivity contribution in [2.75, 3.05) is 6.54 Å². The number of amides is 1. The third kappa shape index (κ3) is 2.83. The minimum Gasteiger partial charge on any atom is -0.352 e. The Morgan fingerprint density at radius 1 is 1.57 bits per heavy atom. The maximum Gasteiger partial charge on any atom is 0.253 e. The molecule has 3 heteroatoms. The Hall–Kier alpha value is -1.38. The average molecular weight is 192 g/mol. The third-order valence-corrected chi connectivity index (χ3v) is 1.92. The normalized spacial score (nSPS) is 10.3. The van der Waals surface area contributed by atoms with E-state index in [1.807, 2.05) is 6.92 Å². The van der Waals surface area contributed by atoms with Crippen molar-refractivity contribution < 1.29 is 4.79 Å². The van der Waals surface area contributed by atoms with Gasteiger partial charge in [0, 0.05) is 18.4 Å². The molecule has 1 amide bonds. The number of hydrogen-bond acceptors (Lipinski definition) is 2. The topological polar surface area (TPSA) is 42.0 Å². The van der Waals surface area contributed by atoms with Gasteiger partial charge in [0.15, 0.2) is 0 Å². The molecule has 76 valence electrons. The molecule has 1 aromatic rings. The van der Waals surface area contributed by atoms with Gasteiger partial charge in [-0.25, -0.2) is 0 Å². The van der Waals surface area contributed by atoms with Crippen LogP contribution in [0.4, 0.5) is 0 Å². The lowest BCUT2D eigenvalue weighted by Crippen LogP contribution is -2.28. The van der Waals surface area contributed by atoms with E-state index in [2.05, 4.69) is 24.1 Å². The summed E-state index contributed by atoms with van der Waals surface area (Å²) in [6.45, 7) is 6.67. The molecule has 3 nitrogen and oxygen atoms in total. The van der Waals surface area contributed by atoms with Gasteiger partial charge in [-0.3, -0.25) is 9.78 Å². The summed E-state index contributed by atoms with van der Waals surface area (Å²) >= 11 is 0. The van der Waals surface area contributed by atoms with Gasteiger partial charge in [0.1, 0.15) is 0 Å². The number of nitrogens with zero attached hydrogens (tertiary/aromatic N) is 1. The van der Waals surface area contributed by atoms with Crippen molar-refractivity contribution in [2.45, 2.75) is 20.8 Å². The molecule has 0 radical (unpaired) electrons. The lowest BCUT2D eigenvalue weighted by Gasteiger charge is -2.08. The summed E-state index contributed by atoms with van der Waals surface area (Å²) in [6.07, 6.45) is 1.69. The molecular weight excluding hydrogens is 176 g/mol. The maximum atomic E-state index is 11.6. The van der Waals surface area contributed by atoms with E-state index in [-0.39, 0.29) is 5.91 Å². The zero-order valence-electron chi connectivity index (χ0n) is 8.87. The molecule has 14 heavy (non-hydrogen) atoms. The highest BCUT2D eigenvalue weighted by Gasteiger charge is 2.08. The molecule has 1 aromatic heterocycles. The fourth-order valence-corrected chi connectivity index (χ4v) is 1.12. The van der Waals surface area contributed by atoms with Gasteiger partial charge in [0.25, 0.3) is 5.91 Å². The van der Waals surface area contributed by atoms with Gasteiger partial charge in [-0.1, -0.05) is 13.8 Å². The Bertz CT molecular complexity index is 321. The van der Waals surface area contributed by atoms with Crippen LogP contribution in [0.2, 0.25) is 0 Å². The summed E-state index contributed by atoms with van der Waals surface area (Å²) in [6, 6.07) is 3.56. The van der Waals surface area contributed by atoms with Gasteiger partial charge >= 0.3 is 0 Å². The summed E-state index contributed by atoms with van der Waals surface area (Å²) in [5.74, 6) is 0.431. The zero-order valence-corrected chi connectivity index (χ0v) is 8.87. The van der Waals surface area contributed by atoms with Crippen molar-refractivity contribution in [2.24, 2.45) is 5.92 Å². The van der Waals surface area contributed by atoms with Crippen molar-refractivity contribution >= 4 is 5.91 Å². The molecule has 0 spiro atoms. The van der Waals surface area contributed by atoms with Gasteiger partial charge in [-0.2, -0.15) is 0 Å². The first kappa shape index (κ1) is 10.7.